The Morgan fingerprint density at radius 1 is 1.35 bits per heavy atom. The molecule has 0 spiro atoms. The van der Waals surface area contributed by atoms with Gasteiger partial charge in [0.25, 0.3) is 0 Å². The molecule has 2 N–H and O–H groups in total. The van der Waals surface area contributed by atoms with E-state index in [1.54, 1.807) is 0 Å². The molecule has 2 atom stereocenters. The van der Waals surface area contributed by atoms with Crippen molar-refractivity contribution in [3.8, 4) is 0 Å². The number of carbonyl (C=O) groups is 2. The van der Waals surface area contributed by atoms with Crippen LogP contribution in [-0.4, -0.2) is 54.9 Å². The van der Waals surface area contributed by atoms with Crippen molar-refractivity contribution >= 4 is 12.1 Å². The van der Waals surface area contributed by atoms with Gasteiger partial charge < -0.3 is 15.2 Å². The molecular formula is C14H26N2O4. The molecule has 0 aliphatic carbocycles. The van der Waals surface area contributed by atoms with Gasteiger partial charge in [-0.25, -0.2) is 4.79 Å². The monoisotopic (exact) mass is 286 g/mol. The zero-order valence-corrected chi connectivity index (χ0v) is 12.8. The molecule has 0 saturated carbocycles. The number of piperidine rings is 1. The molecule has 20 heavy (non-hydrogen) atoms. The van der Waals surface area contributed by atoms with Crippen LogP contribution in [0.1, 0.15) is 33.6 Å². The fourth-order valence-corrected chi connectivity index (χ4v) is 2.97. The van der Waals surface area contributed by atoms with E-state index >= 15 is 0 Å². The Balaban J connectivity index is 2.66. The van der Waals surface area contributed by atoms with Crippen molar-refractivity contribution in [3.05, 3.63) is 0 Å². The SMILES string of the molecule is COC(=O)NC1CC(CC(C)(C)C)CN(CC(=O)O)C1. The summed E-state index contributed by atoms with van der Waals surface area (Å²) in [6, 6.07) is -0.0529. The molecule has 1 rings (SSSR count). The predicted octanol–water partition coefficient (Wildman–Crippen LogP) is 1.55. The van der Waals surface area contributed by atoms with Gasteiger partial charge in [0.1, 0.15) is 0 Å². The maximum Gasteiger partial charge on any atom is 0.407 e. The topological polar surface area (TPSA) is 78.9 Å². The van der Waals surface area contributed by atoms with E-state index in [2.05, 4.69) is 30.8 Å². The van der Waals surface area contributed by atoms with E-state index in [9.17, 15) is 9.59 Å². The normalized spacial score (nSPS) is 24.2. The number of rotatable bonds is 4. The van der Waals surface area contributed by atoms with Crippen LogP contribution < -0.4 is 5.32 Å². The maximum atomic E-state index is 11.3. The van der Waals surface area contributed by atoms with Gasteiger partial charge in [-0.15, -0.1) is 0 Å². The van der Waals surface area contributed by atoms with Crippen molar-refractivity contribution < 1.29 is 19.4 Å². The molecule has 1 aliphatic rings. The molecule has 1 amide bonds. The molecule has 0 bridgehead atoms. The van der Waals surface area contributed by atoms with Crippen LogP contribution in [0.25, 0.3) is 0 Å². The molecule has 6 nitrogen and oxygen atoms in total. The summed E-state index contributed by atoms with van der Waals surface area (Å²) in [6.45, 7) is 7.86. The lowest BCUT2D eigenvalue weighted by molar-refractivity contribution is -0.138. The number of ether oxygens (including phenoxy) is 1. The van der Waals surface area contributed by atoms with Gasteiger partial charge in [0, 0.05) is 19.1 Å². The van der Waals surface area contributed by atoms with Crippen LogP contribution in [0, 0.1) is 11.3 Å². The highest BCUT2D eigenvalue weighted by atomic mass is 16.5. The second-order valence-electron chi connectivity index (χ2n) is 6.79. The highest BCUT2D eigenvalue weighted by Gasteiger charge is 2.31. The average Bonchev–Trinajstić information content (AvgIpc) is 2.24. The van der Waals surface area contributed by atoms with E-state index < -0.39 is 12.1 Å². The molecule has 1 aliphatic heterocycles. The van der Waals surface area contributed by atoms with Crippen LogP contribution in [0.5, 0.6) is 0 Å². The molecular weight excluding hydrogens is 260 g/mol. The fourth-order valence-electron chi connectivity index (χ4n) is 2.97. The number of alkyl carbamates (subject to hydrolysis) is 1. The maximum absolute atomic E-state index is 11.3. The molecule has 2 unspecified atom stereocenters. The number of hydrogen-bond acceptors (Lipinski definition) is 4. The lowest BCUT2D eigenvalue weighted by Crippen LogP contribution is -2.52. The zero-order valence-electron chi connectivity index (χ0n) is 12.8. The summed E-state index contributed by atoms with van der Waals surface area (Å²) < 4.78 is 4.62. The van der Waals surface area contributed by atoms with E-state index in [1.807, 2.05) is 4.90 Å². The van der Waals surface area contributed by atoms with Crippen molar-refractivity contribution in [1.82, 2.24) is 10.2 Å². The summed E-state index contributed by atoms with van der Waals surface area (Å²) in [5.41, 5.74) is 0.187. The van der Waals surface area contributed by atoms with Gasteiger partial charge in [0.2, 0.25) is 0 Å². The fraction of sp³-hybridized carbons (Fsp3) is 0.857. The first-order valence-electron chi connectivity index (χ1n) is 6.98. The zero-order chi connectivity index (χ0) is 15.3. The number of nitrogens with zero attached hydrogens (tertiary/aromatic N) is 1. The van der Waals surface area contributed by atoms with Gasteiger partial charge in [-0.3, -0.25) is 9.69 Å². The average molecular weight is 286 g/mol. The number of likely N-dealkylation sites (tertiary alicyclic amines) is 1. The lowest BCUT2D eigenvalue weighted by atomic mass is 9.80. The number of carboxylic acids is 1. The Hall–Kier alpha value is -1.30. The molecule has 0 aromatic carbocycles. The number of carboxylic acid groups (broad SMARTS) is 1. The van der Waals surface area contributed by atoms with E-state index in [0.29, 0.717) is 12.5 Å². The van der Waals surface area contributed by atoms with Gasteiger partial charge in [-0.05, 0) is 24.2 Å². The highest BCUT2D eigenvalue weighted by molar-refractivity contribution is 5.69. The standard InChI is InChI=1S/C14H26N2O4/c1-14(2,3)6-10-5-11(15-13(19)20-4)8-16(7-10)9-12(17)18/h10-11H,5-9H2,1-4H3,(H,15,19)(H,17,18). The predicted molar refractivity (Wildman–Crippen MR) is 75.6 cm³/mol. The quantitative estimate of drug-likeness (QED) is 0.820. The van der Waals surface area contributed by atoms with Gasteiger partial charge >= 0.3 is 12.1 Å². The second-order valence-corrected chi connectivity index (χ2v) is 6.79. The lowest BCUT2D eigenvalue weighted by Gasteiger charge is -2.39. The molecule has 0 aromatic rings. The van der Waals surface area contributed by atoms with Crippen LogP contribution in [-0.2, 0) is 9.53 Å². The summed E-state index contributed by atoms with van der Waals surface area (Å²) in [4.78, 5) is 24.1. The molecule has 1 saturated heterocycles. The minimum Gasteiger partial charge on any atom is -0.480 e. The summed E-state index contributed by atoms with van der Waals surface area (Å²) in [5.74, 6) is -0.455. The number of methoxy groups -OCH3 is 1. The molecule has 1 heterocycles. The summed E-state index contributed by atoms with van der Waals surface area (Å²) in [5, 5.41) is 11.7. The van der Waals surface area contributed by atoms with E-state index in [1.165, 1.54) is 7.11 Å². The van der Waals surface area contributed by atoms with Gasteiger partial charge in [-0.2, -0.15) is 0 Å². The minimum atomic E-state index is -0.835. The van der Waals surface area contributed by atoms with E-state index in [-0.39, 0.29) is 18.0 Å². The largest absolute Gasteiger partial charge is 0.480 e. The van der Waals surface area contributed by atoms with Crippen molar-refractivity contribution in [2.45, 2.75) is 39.7 Å². The van der Waals surface area contributed by atoms with Gasteiger partial charge in [0.05, 0.1) is 13.7 Å². The Kier molecular flexibility index (Phi) is 5.80. The van der Waals surface area contributed by atoms with Crippen LogP contribution in [0.15, 0.2) is 0 Å². The van der Waals surface area contributed by atoms with E-state index in [4.69, 9.17) is 5.11 Å². The molecule has 0 radical (unpaired) electrons. The summed E-state index contributed by atoms with van der Waals surface area (Å²) in [6.07, 6.45) is 1.41. The van der Waals surface area contributed by atoms with Gasteiger partial charge in [0.15, 0.2) is 0 Å². The van der Waals surface area contributed by atoms with Crippen LogP contribution >= 0.6 is 0 Å². The van der Waals surface area contributed by atoms with E-state index in [0.717, 1.165) is 19.4 Å². The number of carbonyl (C=O) groups excluding carboxylic acids is 1. The second kappa shape index (κ2) is 6.92. The smallest absolute Gasteiger partial charge is 0.407 e. The Labute approximate surface area is 120 Å². The van der Waals surface area contributed by atoms with Crippen LogP contribution in [0.4, 0.5) is 4.79 Å². The third-order valence-electron chi connectivity index (χ3n) is 3.38. The number of nitrogens with one attached hydrogen (secondary N) is 1. The summed E-state index contributed by atoms with van der Waals surface area (Å²) >= 11 is 0. The minimum absolute atomic E-state index is 0.0139. The van der Waals surface area contributed by atoms with Crippen molar-refractivity contribution in [3.63, 3.8) is 0 Å². The van der Waals surface area contributed by atoms with Crippen molar-refractivity contribution in [2.24, 2.45) is 11.3 Å². The Morgan fingerprint density at radius 3 is 2.50 bits per heavy atom. The van der Waals surface area contributed by atoms with Crippen molar-refractivity contribution in [2.75, 3.05) is 26.7 Å². The number of amides is 1. The molecule has 116 valence electrons. The first-order valence-corrected chi connectivity index (χ1v) is 6.98. The third-order valence-corrected chi connectivity index (χ3v) is 3.38. The number of aliphatic carboxylic acids is 1. The first-order chi connectivity index (χ1) is 9.19. The third kappa shape index (κ3) is 6.23. The van der Waals surface area contributed by atoms with Crippen LogP contribution in [0.3, 0.4) is 0 Å². The highest BCUT2D eigenvalue weighted by Crippen LogP contribution is 2.30. The van der Waals surface area contributed by atoms with Crippen LogP contribution in [0.2, 0.25) is 0 Å². The Morgan fingerprint density at radius 2 is 2.00 bits per heavy atom. The van der Waals surface area contributed by atoms with Gasteiger partial charge in [-0.1, -0.05) is 20.8 Å². The molecule has 6 heteroatoms. The number of hydrogen-bond donors (Lipinski definition) is 2. The molecule has 1 fully saturated rings. The first kappa shape index (κ1) is 16.8. The summed E-state index contributed by atoms with van der Waals surface area (Å²) in [7, 11) is 1.33. The molecule has 0 aromatic heterocycles. The Bertz CT molecular complexity index is 352. The van der Waals surface area contributed by atoms with Crippen molar-refractivity contribution in [1.29, 1.82) is 0 Å².